The first-order chi connectivity index (χ1) is 10.3. The summed E-state index contributed by atoms with van der Waals surface area (Å²) in [4.78, 5) is 1.22. The summed E-state index contributed by atoms with van der Waals surface area (Å²) in [5.41, 5.74) is 1.31. The SMILES string of the molecule is Brc1ccc(CNC2CC2)c(Sc2nnnn2C2CC2)c1. The Labute approximate surface area is 136 Å². The van der Waals surface area contributed by atoms with E-state index in [1.165, 1.54) is 36.1 Å². The van der Waals surface area contributed by atoms with E-state index in [0.717, 1.165) is 16.2 Å². The average Bonchev–Trinajstić information content (AvgIpc) is 3.39. The molecule has 0 unspecified atom stereocenters. The summed E-state index contributed by atoms with van der Waals surface area (Å²) >= 11 is 5.22. The Kier molecular flexibility index (Phi) is 3.72. The fraction of sp³-hybridized carbons (Fsp3) is 0.500. The number of hydrogen-bond acceptors (Lipinski definition) is 5. The number of tetrazole rings is 1. The fourth-order valence-corrected chi connectivity index (χ4v) is 3.73. The lowest BCUT2D eigenvalue weighted by atomic mass is 10.2. The van der Waals surface area contributed by atoms with Crippen LogP contribution < -0.4 is 5.32 Å². The van der Waals surface area contributed by atoms with E-state index in [1.807, 2.05) is 4.68 Å². The molecule has 1 heterocycles. The average molecular weight is 366 g/mol. The summed E-state index contributed by atoms with van der Waals surface area (Å²) in [6.45, 7) is 0.908. The van der Waals surface area contributed by atoms with Gasteiger partial charge in [-0.15, -0.1) is 5.10 Å². The molecule has 1 N–H and O–H groups in total. The molecule has 0 aliphatic heterocycles. The van der Waals surface area contributed by atoms with Crippen LogP contribution in [0.25, 0.3) is 0 Å². The molecule has 0 amide bonds. The first-order valence-electron chi connectivity index (χ1n) is 7.27. The summed E-state index contributed by atoms with van der Waals surface area (Å²) in [7, 11) is 0. The molecule has 0 atom stereocenters. The zero-order chi connectivity index (χ0) is 14.2. The van der Waals surface area contributed by atoms with E-state index in [4.69, 9.17) is 0 Å². The number of benzene rings is 1. The van der Waals surface area contributed by atoms with Crippen LogP contribution in [0.4, 0.5) is 0 Å². The molecule has 21 heavy (non-hydrogen) atoms. The summed E-state index contributed by atoms with van der Waals surface area (Å²) in [6, 6.07) is 7.64. The minimum absolute atomic E-state index is 0.502. The van der Waals surface area contributed by atoms with Crippen molar-refractivity contribution in [3.05, 3.63) is 28.2 Å². The summed E-state index contributed by atoms with van der Waals surface area (Å²) in [6.07, 6.45) is 4.98. The van der Waals surface area contributed by atoms with Crippen LogP contribution >= 0.6 is 27.7 Å². The number of nitrogens with one attached hydrogen (secondary N) is 1. The topological polar surface area (TPSA) is 55.6 Å². The molecule has 2 saturated carbocycles. The highest BCUT2D eigenvalue weighted by atomic mass is 79.9. The van der Waals surface area contributed by atoms with Crippen LogP contribution in [-0.2, 0) is 6.54 Å². The quantitative estimate of drug-likeness (QED) is 0.851. The Morgan fingerprint density at radius 2 is 2.14 bits per heavy atom. The van der Waals surface area contributed by atoms with Crippen molar-refractivity contribution in [1.29, 1.82) is 0 Å². The molecule has 2 aliphatic rings. The largest absolute Gasteiger partial charge is 0.310 e. The minimum Gasteiger partial charge on any atom is -0.310 e. The summed E-state index contributed by atoms with van der Waals surface area (Å²) in [5, 5.41) is 16.6. The molecule has 4 rings (SSSR count). The van der Waals surface area contributed by atoms with Gasteiger partial charge < -0.3 is 5.32 Å². The van der Waals surface area contributed by atoms with Crippen LogP contribution in [0.5, 0.6) is 0 Å². The zero-order valence-corrected chi connectivity index (χ0v) is 13.9. The second kappa shape index (κ2) is 5.70. The number of rotatable bonds is 6. The Bertz CT molecular complexity index is 651. The highest BCUT2D eigenvalue weighted by Gasteiger charge is 2.28. The molecule has 2 aliphatic carbocycles. The molecular weight excluding hydrogens is 350 g/mol. The second-order valence-corrected chi connectivity index (χ2v) is 7.57. The van der Waals surface area contributed by atoms with Crippen LogP contribution in [0, 0.1) is 0 Å². The number of hydrogen-bond donors (Lipinski definition) is 1. The van der Waals surface area contributed by atoms with E-state index in [0.29, 0.717) is 12.1 Å². The van der Waals surface area contributed by atoms with Gasteiger partial charge in [-0.25, -0.2) is 4.68 Å². The van der Waals surface area contributed by atoms with Crippen LogP contribution in [0.3, 0.4) is 0 Å². The Balaban J connectivity index is 1.56. The van der Waals surface area contributed by atoms with Gasteiger partial charge in [-0.3, -0.25) is 0 Å². The standard InChI is InChI=1S/C14H16BrN5S/c15-10-2-1-9(8-16-11-3-4-11)13(7-10)21-14-17-18-19-20(14)12-5-6-12/h1-2,7,11-12,16H,3-6,8H2. The number of halogens is 1. The highest BCUT2D eigenvalue weighted by Crippen LogP contribution is 2.39. The second-order valence-electron chi connectivity index (χ2n) is 5.65. The van der Waals surface area contributed by atoms with Crippen molar-refractivity contribution in [2.75, 3.05) is 0 Å². The van der Waals surface area contributed by atoms with Crippen molar-refractivity contribution >= 4 is 27.7 Å². The first kappa shape index (κ1) is 13.7. The lowest BCUT2D eigenvalue weighted by Gasteiger charge is -2.10. The molecule has 0 bridgehead atoms. The molecular formula is C14H16BrN5S. The Hall–Kier alpha value is -0.920. The van der Waals surface area contributed by atoms with E-state index >= 15 is 0 Å². The van der Waals surface area contributed by atoms with Crippen molar-refractivity contribution in [1.82, 2.24) is 25.5 Å². The van der Waals surface area contributed by atoms with Gasteiger partial charge in [0.15, 0.2) is 0 Å². The van der Waals surface area contributed by atoms with Crippen molar-refractivity contribution in [2.24, 2.45) is 0 Å². The van der Waals surface area contributed by atoms with E-state index in [1.54, 1.807) is 11.8 Å². The zero-order valence-electron chi connectivity index (χ0n) is 11.5. The van der Waals surface area contributed by atoms with Crippen LogP contribution in [0.2, 0.25) is 0 Å². The van der Waals surface area contributed by atoms with Gasteiger partial charge in [0.05, 0.1) is 6.04 Å². The van der Waals surface area contributed by atoms with Gasteiger partial charge in [-0.05, 0) is 65.6 Å². The van der Waals surface area contributed by atoms with E-state index in [9.17, 15) is 0 Å². The molecule has 2 aromatic rings. The predicted molar refractivity (Wildman–Crippen MR) is 84.2 cm³/mol. The maximum absolute atomic E-state index is 4.18. The monoisotopic (exact) mass is 365 g/mol. The van der Waals surface area contributed by atoms with Crippen LogP contribution in [0.15, 0.2) is 32.7 Å². The van der Waals surface area contributed by atoms with E-state index in [-0.39, 0.29) is 0 Å². The van der Waals surface area contributed by atoms with Crippen LogP contribution in [-0.4, -0.2) is 26.2 Å². The minimum atomic E-state index is 0.502. The summed E-state index contributed by atoms with van der Waals surface area (Å²) in [5.74, 6) is 0. The third-order valence-corrected chi connectivity index (χ3v) is 5.29. The third kappa shape index (κ3) is 3.30. The van der Waals surface area contributed by atoms with Gasteiger partial charge in [0, 0.05) is 22.0 Å². The van der Waals surface area contributed by atoms with Gasteiger partial charge in [-0.1, -0.05) is 22.0 Å². The molecule has 7 heteroatoms. The van der Waals surface area contributed by atoms with Crippen molar-refractivity contribution in [3.63, 3.8) is 0 Å². The van der Waals surface area contributed by atoms with Gasteiger partial charge in [0.2, 0.25) is 5.16 Å². The number of aromatic nitrogens is 4. The molecule has 1 aromatic heterocycles. The molecule has 0 radical (unpaired) electrons. The lowest BCUT2D eigenvalue weighted by molar-refractivity contribution is 0.565. The summed E-state index contributed by atoms with van der Waals surface area (Å²) < 4.78 is 3.05. The predicted octanol–water partition coefficient (Wildman–Crippen LogP) is 3.17. The molecule has 2 fully saturated rings. The maximum Gasteiger partial charge on any atom is 0.214 e. The van der Waals surface area contributed by atoms with Crippen LogP contribution in [0.1, 0.15) is 37.3 Å². The highest BCUT2D eigenvalue weighted by molar-refractivity contribution is 9.10. The molecule has 5 nitrogen and oxygen atoms in total. The van der Waals surface area contributed by atoms with E-state index < -0.39 is 0 Å². The molecule has 0 saturated heterocycles. The molecule has 0 spiro atoms. The maximum atomic E-state index is 4.18. The van der Waals surface area contributed by atoms with Gasteiger partial charge >= 0.3 is 0 Å². The third-order valence-electron chi connectivity index (χ3n) is 3.74. The molecule has 110 valence electrons. The van der Waals surface area contributed by atoms with Crippen molar-refractivity contribution in [3.8, 4) is 0 Å². The van der Waals surface area contributed by atoms with Crippen molar-refractivity contribution < 1.29 is 0 Å². The molecule has 1 aromatic carbocycles. The fourth-order valence-electron chi connectivity index (χ4n) is 2.21. The van der Waals surface area contributed by atoms with Gasteiger partial charge in [0.1, 0.15) is 0 Å². The van der Waals surface area contributed by atoms with Crippen molar-refractivity contribution in [2.45, 2.75) is 54.4 Å². The lowest BCUT2D eigenvalue weighted by Crippen LogP contribution is -2.15. The normalized spacial score (nSPS) is 18.1. The Morgan fingerprint density at radius 1 is 1.29 bits per heavy atom. The number of nitrogens with zero attached hydrogens (tertiary/aromatic N) is 4. The van der Waals surface area contributed by atoms with Gasteiger partial charge in [-0.2, -0.15) is 0 Å². The van der Waals surface area contributed by atoms with Gasteiger partial charge in [0.25, 0.3) is 0 Å². The van der Waals surface area contributed by atoms with E-state index in [2.05, 4.69) is 55.0 Å². The smallest absolute Gasteiger partial charge is 0.214 e. The Morgan fingerprint density at radius 3 is 2.90 bits per heavy atom. The first-order valence-corrected chi connectivity index (χ1v) is 8.88.